The molecule has 0 atom stereocenters. The molecule has 0 saturated carbocycles. The zero-order valence-corrected chi connectivity index (χ0v) is 16.1. The molecule has 5 heteroatoms. The predicted molar refractivity (Wildman–Crippen MR) is 112 cm³/mol. The summed E-state index contributed by atoms with van der Waals surface area (Å²) in [5.41, 5.74) is 3.15. The maximum absolute atomic E-state index is 5.90. The lowest BCUT2D eigenvalue weighted by Crippen LogP contribution is -2.18. The topological polar surface area (TPSA) is 55.7 Å². The van der Waals surface area contributed by atoms with Crippen LogP contribution in [0.15, 0.2) is 59.6 Å². The van der Waals surface area contributed by atoms with E-state index in [4.69, 9.17) is 9.47 Å². The van der Waals surface area contributed by atoms with E-state index in [2.05, 4.69) is 34.3 Å². The number of aryl methyl sites for hydroxylation is 1. The highest BCUT2D eigenvalue weighted by Gasteiger charge is 2.05. The Morgan fingerprint density at radius 3 is 2.57 bits per heavy atom. The van der Waals surface area contributed by atoms with Crippen molar-refractivity contribution in [2.24, 2.45) is 4.99 Å². The molecule has 5 nitrogen and oxygen atoms in total. The van der Waals surface area contributed by atoms with E-state index in [0.717, 1.165) is 54.5 Å². The van der Waals surface area contributed by atoms with Gasteiger partial charge in [-0.2, -0.15) is 0 Å². The van der Waals surface area contributed by atoms with Gasteiger partial charge in [-0.3, -0.25) is 4.99 Å². The molecule has 0 amide bonds. The van der Waals surface area contributed by atoms with Crippen molar-refractivity contribution < 1.29 is 9.47 Å². The van der Waals surface area contributed by atoms with E-state index in [1.54, 1.807) is 0 Å². The molecule has 1 aliphatic heterocycles. The maximum Gasteiger partial charge on any atom is 0.130 e. The van der Waals surface area contributed by atoms with Crippen molar-refractivity contribution in [3.63, 3.8) is 0 Å². The Kier molecular flexibility index (Phi) is 5.71. The largest absolute Gasteiger partial charge is 0.494 e. The van der Waals surface area contributed by atoms with Gasteiger partial charge in [-0.05, 0) is 55.3 Å². The van der Waals surface area contributed by atoms with Gasteiger partial charge in [-0.25, -0.2) is 4.98 Å². The summed E-state index contributed by atoms with van der Waals surface area (Å²) in [6.45, 7) is 5.09. The Bertz CT molecular complexity index is 967. The van der Waals surface area contributed by atoms with Crippen LogP contribution >= 0.6 is 0 Å². The van der Waals surface area contributed by atoms with Crippen molar-refractivity contribution in [2.45, 2.75) is 26.4 Å². The summed E-state index contributed by atoms with van der Waals surface area (Å²) in [7, 11) is 0. The third-order valence-electron chi connectivity index (χ3n) is 4.76. The number of aromatic nitrogens is 1. The number of ether oxygens (including phenoxy) is 2. The molecule has 0 radical (unpaired) electrons. The van der Waals surface area contributed by atoms with Crippen LogP contribution in [-0.2, 0) is 6.61 Å². The Morgan fingerprint density at radius 1 is 1.00 bits per heavy atom. The molecule has 4 rings (SSSR count). The smallest absolute Gasteiger partial charge is 0.130 e. The fraction of sp³-hybridized carbons (Fsp3) is 0.304. The zero-order chi connectivity index (χ0) is 19.2. The Morgan fingerprint density at radius 2 is 1.79 bits per heavy atom. The molecule has 3 aromatic rings. The molecule has 144 valence electrons. The first-order valence-corrected chi connectivity index (χ1v) is 9.76. The first kappa shape index (κ1) is 18.3. The first-order valence-electron chi connectivity index (χ1n) is 9.76. The zero-order valence-electron chi connectivity index (χ0n) is 16.1. The third-order valence-corrected chi connectivity index (χ3v) is 4.76. The standard InChI is InChI=1S/C23H25N3O2/c1-17-15-18(26-22-6-3-2-5-21(17)22)16-28-20-10-8-19(9-11-20)27-14-4-7-23-24-12-13-25-23/h2-3,5-6,8-11,15H,4,7,12-14,16H2,1H3,(H,24,25). The van der Waals surface area contributed by atoms with Crippen molar-refractivity contribution in [1.82, 2.24) is 10.3 Å². The minimum Gasteiger partial charge on any atom is -0.494 e. The Hall–Kier alpha value is -3.08. The number of fused-ring (bicyclic) bond motifs is 1. The fourth-order valence-corrected chi connectivity index (χ4v) is 3.33. The van der Waals surface area contributed by atoms with E-state index < -0.39 is 0 Å². The van der Waals surface area contributed by atoms with Gasteiger partial charge < -0.3 is 14.8 Å². The van der Waals surface area contributed by atoms with E-state index in [-0.39, 0.29) is 0 Å². The summed E-state index contributed by atoms with van der Waals surface area (Å²) >= 11 is 0. The van der Waals surface area contributed by atoms with E-state index >= 15 is 0 Å². The Balaban J connectivity index is 1.27. The Labute approximate surface area is 165 Å². The number of amidine groups is 1. The van der Waals surface area contributed by atoms with Crippen molar-refractivity contribution >= 4 is 16.7 Å². The molecule has 28 heavy (non-hydrogen) atoms. The highest BCUT2D eigenvalue weighted by Crippen LogP contribution is 2.21. The van der Waals surface area contributed by atoms with Gasteiger partial charge in [0.05, 0.1) is 30.2 Å². The van der Waals surface area contributed by atoms with Gasteiger partial charge in [0.1, 0.15) is 18.1 Å². The summed E-state index contributed by atoms with van der Waals surface area (Å²) in [4.78, 5) is 9.07. The van der Waals surface area contributed by atoms with Crippen LogP contribution in [0.2, 0.25) is 0 Å². The van der Waals surface area contributed by atoms with Gasteiger partial charge >= 0.3 is 0 Å². The normalized spacial score (nSPS) is 13.2. The van der Waals surface area contributed by atoms with Crippen molar-refractivity contribution in [2.75, 3.05) is 19.7 Å². The number of nitrogens with one attached hydrogen (secondary N) is 1. The van der Waals surface area contributed by atoms with Crippen LogP contribution in [-0.4, -0.2) is 30.5 Å². The molecule has 0 aliphatic carbocycles. The maximum atomic E-state index is 5.90. The molecular weight excluding hydrogens is 350 g/mol. The van der Waals surface area contributed by atoms with E-state index in [1.807, 2.05) is 42.5 Å². The summed E-state index contributed by atoms with van der Waals surface area (Å²) < 4.78 is 11.7. The quantitative estimate of drug-likeness (QED) is 0.597. The summed E-state index contributed by atoms with van der Waals surface area (Å²) in [5, 5.41) is 4.46. The van der Waals surface area contributed by atoms with E-state index in [0.29, 0.717) is 13.2 Å². The second-order valence-corrected chi connectivity index (χ2v) is 6.91. The predicted octanol–water partition coefficient (Wildman–Crippen LogP) is 4.28. The van der Waals surface area contributed by atoms with Crippen LogP contribution in [0.5, 0.6) is 11.5 Å². The van der Waals surface area contributed by atoms with Crippen LogP contribution in [0.3, 0.4) is 0 Å². The van der Waals surface area contributed by atoms with Crippen LogP contribution in [0.1, 0.15) is 24.1 Å². The number of hydrogen-bond donors (Lipinski definition) is 1. The first-order chi connectivity index (χ1) is 13.8. The highest BCUT2D eigenvalue weighted by molar-refractivity contribution is 5.83. The van der Waals surface area contributed by atoms with Crippen molar-refractivity contribution in [1.29, 1.82) is 0 Å². The molecule has 1 N–H and O–H groups in total. The number of nitrogens with zero attached hydrogens (tertiary/aromatic N) is 2. The lowest BCUT2D eigenvalue weighted by Gasteiger charge is -2.10. The average molecular weight is 375 g/mol. The number of aliphatic imine (C=N–C) groups is 1. The average Bonchev–Trinajstić information content (AvgIpc) is 3.24. The van der Waals surface area contributed by atoms with Gasteiger partial charge in [0.25, 0.3) is 0 Å². The monoisotopic (exact) mass is 375 g/mol. The van der Waals surface area contributed by atoms with Crippen molar-refractivity contribution in [3.8, 4) is 11.5 Å². The highest BCUT2D eigenvalue weighted by atomic mass is 16.5. The second kappa shape index (κ2) is 8.74. The van der Waals surface area contributed by atoms with E-state index in [1.165, 1.54) is 10.9 Å². The number of rotatable bonds is 8. The second-order valence-electron chi connectivity index (χ2n) is 6.91. The van der Waals surface area contributed by atoms with Crippen LogP contribution in [0.25, 0.3) is 10.9 Å². The number of para-hydroxylation sites is 1. The van der Waals surface area contributed by atoms with Gasteiger partial charge in [0, 0.05) is 18.4 Å². The summed E-state index contributed by atoms with van der Waals surface area (Å²) in [6.07, 6.45) is 1.90. The molecule has 0 bridgehead atoms. The minimum atomic E-state index is 0.445. The molecule has 1 aliphatic rings. The summed E-state index contributed by atoms with van der Waals surface area (Å²) in [6, 6.07) is 18.0. The molecule has 0 saturated heterocycles. The SMILES string of the molecule is Cc1cc(COc2ccc(OCCCC3=NCCN3)cc2)nc2ccccc12. The number of benzene rings is 2. The van der Waals surface area contributed by atoms with Crippen LogP contribution in [0, 0.1) is 6.92 Å². The van der Waals surface area contributed by atoms with E-state index in [9.17, 15) is 0 Å². The fourth-order valence-electron chi connectivity index (χ4n) is 3.33. The van der Waals surface area contributed by atoms with Gasteiger partial charge in [-0.15, -0.1) is 0 Å². The third kappa shape index (κ3) is 4.60. The van der Waals surface area contributed by atoms with Gasteiger partial charge in [0.2, 0.25) is 0 Å². The number of pyridine rings is 1. The van der Waals surface area contributed by atoms with Crippen molar-refractivity contribution in [3.05, 3.63) is 65.9 Å². The molecule has 0 spiro atoms. The molecule has 0 fully saturated rings. The number of hydrogen-bond acceptors (Lipinski definition) is 5. The molecule has 1 aromatic heterocycles. The lowest BCUT2D eigenvalue weighted by molar-refractivity contribution is 0.297. The lowest BCUT2D eigenvalue weighted by atomic mass is 10.1. The minimum absolute atomic E-state index is 0.445. The van der Waals surface area contributed by atoms with Crippen LogP contribution in [0.4, 0.5) is 0 Å². The van der Waals surface area contributed by atoms with Gasteiger partial charge in [-0.1, -0.05) is 18.2 Å². The molecule has 2 heterocycles. The van der Waals surface area contributed by atoms with Crippen LogP contribution < -0.4 is 14.8 Å². The summed E-state index contributed by atoms with van der Waals surface area (Å²) in [5.74, 6) is 2.77. The van der Waals surface area contributed by atoms with Gasteiger partial charge in [0.15, 0.2) is 0 Å². The molecule has 2 aromatic carbocycles. The molecular formula is C23H25N3O2. The molecule has 0 unspecified atom stereocenters.